The van der Waals surface area contributed by atoms with E-state index >= 15 is 0 Å². The minimum Gasteiger partial charge on any atom is -0.485 e. The van der Waals surface area contributed by atoms with Crippen LogP contribution in [0, 0.1) is 0 Å². The minimum atomic E-state index is -0.0590. The zero-order chi connectivity index (χ0) is 44.2. The Morgan fingerprint density at radius 1 is 0.455 bits per heavy atom. The lowest BCUT2D eigenvalue weighted by atomic mass is 9.87. The molecule has 2 aromatic heterocycles. The predicted octanol–water partition coefficient (Wildman–Crippen LogP) is 14.7. The number of fused-ring (bicyclic) bond motifs is 2. The second kappa shape index (κ2) is 18.0. The molecule has 0 atom stereocenters. The van der Waals surface area contributed by atoms with Crippen molar-refractivity contribution in [2.75, 3.05) is 13.2 Å². The van der Waals surface area contributed by atoms with Crippen molar-refractivity contribution < 1.29 is 9.53 Å². The molecule has 1 fully saturated rings. The molecule has 3 heterocycles. The summed E-state index contributed by atoms with van der Waals surface area (Å²) in [6.07, 6.45) is 3.62. The van der Waals surface area contributed by atoms with Gasteiger partial charge in [0.05, 0.1) is 22.4 Å². The number of nitrogens with one attached hydrogen (secondary N) is 1. The summed E-state index contributed by atoms with van der Waals surface area (Å²) in [5.74, 6) is 0.598. The molecule has 5 heteroatoms. The van der Waals surface area contributed by atoms with E-state index in [1.807, 2.05) is 42.5 Å². The third-order valence-electron chi connectivity index (χ3n) is 12.5. The Labute approximate surface area is 384 Å². The first-order chi connectivity index (χ1) is 32.6. The summed E-state index contributed by atoms with van der Waals surface area (Å²) in [4.78, 5) is 23.0. The highest BCUT2D eigenvalue weighted by molar-refractivity contribution is 5.94. The number of benzene rings is 8. The van der Waals surface area contributed by atoms with Crippen LogP contribution in [0.2, 0.25) is 0 Å². The van der Waals surface area contributed by atoms with Gasteiger partial charge in [-0.05, 0) is 111 Å². The zero-order valence-corrected chi connectivity index (χ0v) is 36.3. The van der Waals surface area contributed by atoms with Crippen LogP contribution in [0.1, 0.15) is 12.8 Å². The van der Waals surface area contributed by atoms with Gasteiger partial charge in [-0.15, -0.1) is 0 Å². The molecule has 11 rings (SSSR count). The molecule has 0 spiro atoms. The van der Waals surface area contributed by atoms with E-state index in [0.717, 1.165) is 125 Å². The van der Waals surface area contributed by atoms with Crippen LogP contribution in [0.15, 0.2) is 224 Å². The number of para-hydroxylation sites is 3. The van der Waals surface area contributed by atoms with E-state index in [-0.39, 0.29) is 12.4 Å². The largest absolute Gasteiger partial charge is 0.485 e. The van der Waals surface area contributed by atoms with Crippen LogP contribution in [0.25, 0.3) is 100.0 Å². The van der Waals surface area contributed by atoms with Crippen LogP contribution in [0.4, 0.5) is 0 Å². The summed E-state index contributed by atoms with van der Waals surface area (Å²) in [5, 5.41) is 5.56. The first kappa shape index (κ1) is 40.4. The highest BCUT2D eigenvalue weighted by Crippen LogP contribution is 2.42. The predicted molar refractivity (Wildman–Crippen MR) is 271 cm³/mol. The standard InChI is InChI=1S/C61H45N3O2/c65-51(39-50-14-11-35-62-50)40-66-61-22-10-7-19-56(61)49-37-47(54-17-5-3-15-52(54)41-23-27-45(28-24-41)59-33-31-43-12-1-8-20-57(43)63-59)36-48(38-49)55-18-6-4-16-53(55)42-25-29-46(30-26-42)60-34-32-44-13-2-9-21-58(44)64-60/h1-10,12-13,15-34,36-39,62H,11,14,35,40H2/b50-39-. The molecule has 0 unspecified atom stereocenters. The van der Waals surface area contributed by atoms with Gasteiger partial charge in [-0.25, -0.2) is 9.97 Å². The lowest BCUT2D eigenvalue weighted by molar-refractivity contribution is -0.116. The molecule has 5 nitrogen and oxygen atoms in total. The molecule has 1 aliphatic heterocycles. The Morgan fingerprint density at radius 3 is 1.38 bits per heavy atom. The number of ketones is 1. The van der Waals surface area contributed by atoms with Gasteiger partial charge in [0.2, 0.25) is 0 Å². The first-order valence-corrected chi connectivity index (χ1v) is 22.6. The van der Waals surface area contributed by atoms with Gasteiger partial charge in [-0.2, -0.15) is 0 Å². The fraction of sp³-hybridized carbons (Fsp3) is 0.0656. The molecule has 8 aromatic carbocycles. The lowest BCUT2D eigenvalue weighted by Crippen LogP contribution is -2.12. The van der Waals surface area contributed by atoms with Crippen molar-refractivity contribution in [2.45, 2.75) is 12.8 Å². The lowest BCUT2D eigenvalue weighted by Gasteiger charge is -2.18. The fourth-order valence-electron chi connectivity index (χ4n) is 9.12. The van der Waals surface area contributed by atoms with Crippen LogP contribution in [0.3, 0.4) is 0 Å². The van der Waals surface area contributed by atoms with E-state index in [0.29, 0.717) is 5.75 Å². The number of rotatable bonds is 11. The summed E-state index contributed by atoms with van der Waals surface area (Å²) >= 11 is 0. The molecule has 10 aromatic rings. The SMILES string of the molecule is O=C(/C=C1/CCCN1)COc1ccccc1-c1cc(-c2ccccc2-c2ccc(-c3ccc4ccccc4n3)cc2)cc(-c2ccccc2-c2ccc(-c3ccc4ccccc4n3)cc2)c1. The van der Waals surface area contributed by atoms with Crippen molar-refractivity contribution in [2.24, 2.45) is 0 Å². The maximum Gasteiger partial charge on any atom is 0.194 e. The smallest absolute Gasteiger partial charge is 0.194 e. The van der Waals surface area contributed by atoms with Crippen molar-refractivity contribution in [1.82, 2.24) is 15.3 Å². The van der Waals surface area contributed by atoms with Gasteiger partial charge in [0.25, 0.3) is 0 Å². The molecule has 1 N–H and O–H groups in total. The normalized spacial score (nSPS) is 12.9. The highest BCUT2D eigenvalue weighted by Gasteiger charge is 2.17. The molecule has 316 valence electrons. The van der Waals surface area contributed by atoms with Crippen LogP contribution >= 0.6 is 0 Å². The number of pyridine rings is 2. The second-order valence-electron chi connectivity index (χ2n) is 16.8. The number of aromatic nitrogens is 2. The highest BCUT2D eigenvalue weighted by atomic mass is 16.5. The maximum absolute atomic E-state index is 13.1. The van der Waals surface area contributed by atoms with Gasteiger partial charge < -0.3 is 10.1 Å². The van der Waals surface area contributed by atoms with Crippen molar-refractivity contribution in [3.05, 3.63) is 224 Å². The summed E-state index contributed by atoms with van der Waals surface area (Å²) in [5.41, 5.74) is 17.6. The molecular formula is C61H45N3O2. The quantitative estimate of drug-likeness (QED) is 0.131. The molecule has 0 radical (unpaired) electrons. The number of hydrogen-bond donors (Lipinski definition) is 1. The first-order valence-electron chi connectivity index (χ1n) is 22.6. The maximum atomic E-state index is 13.1. The molecule has 0 aliphatic carbocycles. The topological polar surface area (TPSA) is 64.1 Å². The van der Waals surface area contributed by atoms with Crippen LogP contribution in [-0.2, 0) is 4.79 Å². The zero-order valence-electron chi connectivity index (χ0n) is 36.3. The Balaban J connectivity index is 0.995. The average Bonchev–Trinajstić information content (AvgIpc) is 3.91. The number of carbonyl (C=O) groups is 1. The number of carbonyl (C=O) groups excluding carboxylic acids is 1. The molecule has 66 heavy (non-hydrogen) atoms. The van der Waals surface area contributed by atoms with Gasteiger partial charge in [0, 0.05) is 45.8 Å². The molecule has 1 saturated heterocycles. The summed E-state index contributed by atoms with van der Waals surface area (Å²) in [7, 11) is 0. The summed E-state index contributed by atoms with van der Waals surface area (Å²) in [6.45, 7) is 0.853. The van der Waals surface area contributed by atoms with E-state index in [1.54, 1.807) is 6.08 Å². The van der Waals surface area contributed by atoms with Gasteiger partial charge in [-0.1, -0.05) is 164 Å². The van der Waals surface area contributed by atoms with E-state index < -0.39 is 0 Å². The van der Waals surface area contributed by atoms with Crippen LogP contribution < -0.4 is 10.1 Å². The van der Waals surface area contributed by atoms with E-state index in [1.165, 1.54) is 0 Å². The van der Waals surface area contributed by atoms with Crippen molar-refractivity contribution >= 4 is 27.6 Å². The van der Waals surface area contributed by atoms with Crippen LogP contribution in [0.5, 0.6) is 5.75 Å². The van der Waals surface area contributed by atoms with Crippen molar-refractivity contribution in [3.63, 3.8) is 0 Å². The van der Waals surface area contributed by atoms with Crippen LogP contribution in [-0.4, -0.2) is 28.9 Å². The summed E-state index contributed by atoms with van der Waals surface area (Å²) in [6, 6.07) is 74.3. The van der Waals surface area contributed by atoms with Gasteiger partial charge in [0.15, 0.2) is 12.4 Å². The van der Waals surface area contributed by atoms with Gasteiger partial charge in [0.1, 0.15) is 5.75 Å². The van der Waals surface area contributed by atoms with Gasteiger partial charge >= 0.3 is 0 Å². The Kier molecular flexibility index (Phi) is 11.0. The van der Waals surface area contributed by atoms with Crippen molar-refractivity contribution in [1.29, 1.82) is 0 Å². The molecule has 0 bridgehead atoms. The number of allylic oxidation sites excluding steroid dienone is 1. The number of hydrogen-bond acceptors (Lipinski definition) is 5. The monoisotopic (exact) mass is 851 g/mol. The third-order valence-corrected chi connectivity index (χ3v) is 12.5. The number of ether oxygens (including phenoxy) is 1. The second-order valence-corrected chi connectivity index (χ2v) is 16.8. The molecule has 0 saturated carbocycles. The van der Waals surface area contributed by atoms with E-state index in [9.17, 15) is 4.79 Å². The Morgan fingerprint density at radius 2 is 0.879 bits per heavy atom. The Bertz CT molecular complexity index is 3250. The van der Waals surface area contributed by atoms with Crippen molar-refractivity contribution in [3.8, 4) is 83.9 Å². The van der Waals surface area contributed by atoms with Gasteiger partial charge in [-0.3, -0.25) is 4.79 Å². The minimum absolute atomic E-state index is 0.0458. The Hall–Kier alpha value is -8.41. The fourth-order valence-corrected chi connectivity index (χ4v) is 9.12. The third kappa shape index (κ3) is 8.38. The summed E-state index contributed by atoms with van der Waals surface area (Å²) < 4.78 is 6.35. The average molecular weight is 852 g/mol. The molecular weight excluding hydrogens is 807 g/mol. The number of nitrogens with zero attached hydrogens (tertiary/aromatic N) is 2. The van der Waals surface area contributed by atoms with E-state index in [4.69, 9.17) is 14.7 Å². The molecule has 0 amide bonds. The van der Waals surface area contributed by atoms with E-state index in [2.05, 4.69) is 175 Å². The molecule has 1 aliphatic rings.